The van der Waals surface area contributed by atoms with Gasteiger partial charge in [-0.2, -0.15) is 0 Å². The van der Waals surface area contributed by atoms with Gasteiger partial charge in [0.05, 0.1) is 0 Å². The van der Waals surface area contributed by atoms with Crippen molar-refractivity contribution in [2.45, 2.75) is 6.42 Å². The first kappa shape index (κ1) is 11.9. The number of aromatic nitrogens is 1. The van der Waals surface area contributed by atoms with Gasteiger partial charge in [-0.25, -0.2) is 4.98 Å². The summed E-state index contributed by atoms with van der Waals surface area (Å²) in [6, 6.07) is 5.85. The first-order valence-corrected chi connectivity index (χ1v) is 5.86. The predicted molar refractivity (Wildman–Crippen MR) is 66.1 cm³/mol. The lowest BCUT2D eigenvalue weighted by Crippen LogP contribution is -2.29. The molecule has 1 aromatic heterocycles. The fraction of sp³-hybridized carbons (Fsp3) is 0.333. The van der Waals surface area contributed by atoms with E-state index < -0.39 is 0 Å². The van der Waals surface area contributed by atoms with Gasteiger partial charge in [0, 0.05) is 13.6 Å². The Morgan fingerprint density at radius 1 is 1.53 bits per heavy atom. The Kier molecular flexibility index (Phi) is 3.64. The van der Waals surface area contributed by atoms with E-state index in [-0.39, 0.29) is 11.8 Å². The summed E-state index contributed by atoms with van der Waals surface area (Å²) in [6.07, 6.45) is 2.20. The van der Waals surface area contributed by atoms with Crippen LogP contribution < -0.4 is 0 Å². The minimum atomic E-state index is -0.0626. The number of rotatable bonds is 4. The number of amides is 1. The zero-order chi connectivity index (χ0) is 12.3. The second kappa shape index (κ2) is 5.19. The number of alkyl halides is 1. The Bertz CT molecular complexity index is 524. The first-order valence-electron chi connectivity index (χ1n) is 5.33. The molecule has 0 N–H and O–H groups in total. The third-order valence-corrected chi connectivity index (χ3v) is 2.90. The minimum Gasteiger partial charge on any atom is -0.443 e. The van der Waals surface area contributed by atoms with Crippen molar-refractivity contribution in [1.29, 1.82) is 0 Å². The molecule has 0 fully saturated rings. The zero-order valence-electron chi connectivity index (χ0n) is 9.52. The Hall–Kier alpha value is -1.55. The topological polar surface area (TPSA) is 46.3 Å². The molecule has 17 heavy (non-hydrogen) atoms. The molecule has 1 heterocycles. The van der Waals surface area contributed by atoms with Gasteiger partial charge in [-0.05, 0) is 24.1 Å². The quantitative estimate of drug-likeness (QED) is 0.783. The highest BCUT2D eigenvalue weighted by atomic mass is 35.5. The summed E-state index contributed by atoms with van der Waals surface area (Å²) >= 11 is 5.48. The lowest BCUT2D eigenvalue weighted by atomic mass is 10.1. The minimum absolute atomic E-state index is 0.0254. The molecule has 0 aliphatic carbocycles. The van der Waals surface area contributed by atoms with Crippen molar-refractivity contribution in [3.8, 4) is 0 Å². The molecule has 0 bridgehead atoms. The molecule has 0 aliphatic heterocycles. The van der Waals surface area contributed by atoms with Crippen LogP contribution in [0.5, 0.6) is 0 Å². The van der Waals surface area contributed by atoms with E-state index in [1.807, 2.05) is 18.2 Å². The van der Waals surface area contributed by atoms with E-state index in [1.54, 1.807) is 11.9 Å². The SMILES string of the molecule is CN(CCc1ccc2ncoc2c1)C(=O)CCl. The van der Waals surface area contributed by atoms with Crippen molar-refractivity contribution in [2.75, 3.05) is 19.5 Å². The molecule has 0 unspecified atom stereocenters. The van der Waals surface area contributed by atoms with Crippen molar-refractivity contribution in [3.05, 3.63) is 30.2 Å². The van der Waals surface area contributed by atoms with Gasteiger partial charge in [0.1, 0.15) is 11.4 Å². The molecule has 0 saturated carbocycles. The van der Waals surface area contributed by atoms with Gasteiger partial charge in [0.15, 0.2) is 12.0 Å². The smallest absolute Gasteiger partial charge is 0.237 e. The highest BCUT2D eigenvalue weighted by Gasteiger charge is 2.07. The Balaban J connectivity index is 2.01. The first-order chi connectivity index (χ1) is 8.20. The Morgan fingerprint density at radius 2 is 2.35 bits per heavy atom. The summed E-state index contributed by atoms with van der Waals surface area (Å²) in [5, 5.41) is 0. The molecular formula is C12H13ClN2O2. The van der Waals surface area contributed by atoms with Crippen molar-refractivity contribution >= 4 is 28.6 Å². The molecular weight excluding hydrogens is 240 g/mol. The number of halogens is 1. The number of carbonyl (C=O) groups is 1. The standard InChI is InChI=1S/C12H13ClN2O2/c1-15(12(16)7-13)5-4-9-2-3-10-11(6-9)17-8-14-10/h2-3,6,8H,4-5,7H2,1H3. The van der Waals surface area contributed by atoms with Crippen molar-refractivity contribution in [3.63, 3.8) is 0 Å². The lowest BCUT2D eigenvalue weighted by molar-refractivity contribution is -0.127. The molecule has 1 aromatic carbocycles. The number of oxazole rings is 1. The fourth-order valence-corrected chi connectivity index (χ4v) is 1.78. The maximum Gasteiger partial charge on any atom is 0.237 e. The van der Waals surface area contributed by atoms with E-state index in [1.165, 1.54) is 6.39 Å². The van der Waals surface area contributed by atoms with Crippen LogP contribution >= 0.6 is 11.6 Å². The van der Waals surface area contributed by atoms with Crippen LogP contribution in [0.3, 0.4) is 0 Å². The van der Waals surface area contributed by atoms with Crippen molar-refractivity contribution in [2.24, 2.45) is 0 Å². The van der Waals surface area contributed by atoms with E-state index >= 15 is 0 Å². The molecule has 0 saturated heterocycles. The number of carbonyl (C=O) groups excluding carboxylic acids is 1. The molecule has 90 valence electrons. The second-order valence-corrected chi connectivity index (χ2v) is 4.12. The monoisotopic (exact) mass is 252 g/mol. The van der Waals surface area contributed by atoms with Crippen LogP contribution in [0.2, 0.25) is 0 Å². The van der Waals surface area contributed by atoms with Crippen molar-refractivity contribution in [1.82, 2.24) is 9.88 Å². The van der Waals surface area contributed by atoms with Crippen LogP contribution in [-0.4, -0.2) is 35.3 Å². The fourth-order valence-electron chi connectivity index (χ4n) is 1.58. The summed E-state index contributed by atoms with van der Waals surface area (Å²) in [5.41, 5.74) is 2.73. The Labute approximate surface area is 104 Å². The molecule has 1 amide bonds. The third kappa shape index (κ3) is 2.77. The summed E-state index contributed by atoms with van der Waals surface area (Å²) in [5.74, 6) is -0.0371. The molecule has 0 spiro atoms. The molecule has 5 heteroatoms. The van der Waals surface area contributed by atoms with Crippen LogP contribution in [-0.2, 0) is 11.2 Å². The van der Waals surface area contributed by atoms with Crippen LogP contribution in [0.1, 0.15) is 5.56 Å². The third-order valence-electron chi connectivity index (χ3n) is 2.67. The van der Waals surface area contributed by atoms with Crippen LogP contribution in [0.25, 0.3) is 11.1 Å². The number of nitrogens with zero attached hydrogens (tertiary/aromatic N) is 2. The summed E-state index contributed by atoms with van der Waals surface area (Å²) < 4.78 is 5.22. The van der Waals surface area contributed by atoms with Crippen molar-refractivity contribution < 1.29 is 9.21 Å². The van der Waals surface area contributed by atoms with Crippen LogP contribution in [0.4, 0.5) is 0 Å². The summed E-state index contributed by atoms with van der Waals surface area (Å²) in [4.78, 5) is 16.9. The van der Waals surface area contributed by atoms with E-state index in [2.05, 4.69) is 4.98 Å². The highest BCUT2D eigenvalue weighted by molar-refractivity contribution is 6.27. The number of fused-ring (bicyclic) bond motifs is 1. The largest absolute Gasteiger partial charge is 0.443 e. The lowest BCUT2D eigenvalue weighted by Gasteiger charge is -2.15. The summed E-state index contributed by atoms with van der Waals surface area (Å²) in [7, 11) is 1.75. The molecule has 0 aliphatic rings. The van der Waals surface area contributed by atoms with Gasteiger partial charge >= 0.3 is 0 Å². The molecule has 0 radical (unpaired) electrons. The molecule has 0 atom stereocenters. The van der Waals surface area contributed by atoms with Crippen LogP contribution in [0, 0.1) is 0 Å². The average Bonchev–Trinajstić information content (AvgIpc) is 2.82. The van der Waals surface area contributed by atoms with Gasteiger partial charge in [0.25, 0.3) is 0 Å². The maximum atomic E-state index is 11.3. The molecule has 2 rings (SSSR count). The number of likely N-dealkylation sites (N-methyl/N-ethyl adjacent to an activating group) is 1. The normalized spacial score (nSPS) is 10.7. The molecule has 4 nitrogen and oxygen atoms in total. The zero-order valence-corrected chi connectivity index (χ0v) is 10.3. The molecule has 2 aromatic rings. The van der Waals surface area contributed by atoms with E-state index in [9.17, 15) is 4.79 Å². The van der Waals surface area contributed by atoms with Gasteiger partial charge in [-0.3, -0.25) is 4.79 Å². The van der Waals surface area contributed by atoms with E-state index in [0.29, 0.717) is 6.54 Å². The number of benzene rings is 1. The van der Waals surface area contributed by atoms with E-state index in [0.717, 1.165) is 23.1 Å². The summed E-state index contributed by atoms with van der Waals surface area (Å²) in [6.45, 7) is 0.644. The predicted octanol–water partition coefficient (Wildman–Crippen LogP) is 2.07. The number of hydrogen-bond acceptors (Lipinski definition) is 3. The van der Waals surface area contributed by atoms with Gasteiger partial charge in [-0.15, -0.1) is 11.6 Å². The van der Waals surface area contributed by atoms with Crippen LogP contribution in [0.15, 0.2) is 29.0 Å². The average molecular weight is 253 g/mol. The number of hydrogen-bond donors (Lipinski definition) is 0. The van der Waals surface area contributed by atoms with Gasteiger partial charge in [0.2, 0.25) is 5.91 Å². The second-order valence-electron chi connectivity index (χ2n) is 3.85. The highest BCUT2D eigenvalue weighted by Crippen LogP contribution is 2.14. The van der Waals surface area contributed by atoms with Gasteiger partial charge < -0.3 is 9.32 Å². The Morgan fingerprint density at radius 3 is 3.12 bits per heavy atom. The van der Waals surface area contributed by atoms with E-state index in [4.69, 9.17) is 16.0 Å². The van der Waals surface area contributed by atoms with Gasteiger partial charge in [-0.1, -0.05) is 6.07 Å². The maximum absolute atomic E-state index is 11.3.